The molecule has 2 N–H and O–H groups in total. The van der Waals surface area contributed by atoms with E-state index in [1.807, 2.05) is 0 Å². The Labute approximate surface area is 88.6 Å². The van der Waals surface area contributed by atoms with Gasteiger partial charge in [0.2, 0.25) is 0 Å². The molecule has 0 radical (unpaired) electrons. The molecule has 74 valence electrons. The molecular formula is C11H14N2S. The minimum Gasteiger partial charge on any atom is -0.316 e. The molecule has 14 heavy (non-hydrogen) atoms. The third kappa shape index (κ3) is 1.36. The van der Waals surface area contributed by atoms with Crippen molar-refractivity contribution >= 4 is 11.9 Å². The van der Waals surface area contributed by atoms with Gasteiger partial charge in [0.25, 0.3) is 0 Å². The molecule has 1 saturated heterocycles. The Hall–Kier alpha value is -0.510. The van der Waals surface area contributed by atoms with Crippen LogP contribution in [0, 0.1) is 5.92 Å². The first-order valence-corrected chi connectivity index (χ1v) is 5.96. The maximum Gasteiger partial charge on any atom is 0.0263 e. The Balaban J connectivity index is 2.04. The maximum atomic E-state index is 3.48. The van der Waals surface area contributed by atoms with Crippen LogP contribution in [0.5, 0.6) is 0 Å². The zero-order chi connectivity index (χ0) is 9.38. The van der Waals surface area contributed by atoms with Gasteiger partial charge >= 0.3 is 0 Å². The Morgan fingerprint density at radius 2 is 2.07 bits per heavy atom. The Morgan fingerprint density at radius 1 is 1.14 bits per heavy atom. The van der Waals surface area contributed by atoms with E-state index in [9.17, 15) is 0 Å². The summed E-state index contributed by atoms with van der Waals surface area (Å²) in [5.74, 6) is 1.49. The third-order valence-corrected chi connectivity index (χ3v) is 4.09. The quantitative estimate of drug-likeness (QED) is 0.631. The second-order valence-corrected chi connectivity index (χ2v) is 4.95. The summed E-state index contributed by atoms with van der Waals surface area (Å²) in [6.07, 6.45) is 0. The first kappa shape index (κ1) is 8.77. The molecule has 0 saturated carbocycles. The Bertz CT molecular complexity index is 340. The normalized spacial score (nSPS) is 30.6. The minimum absolute atomic E-state index is 0.716. The van der Waals surface area contributed by atoms with Gasteiger partial charge in [-0.3, -0.25) is 4.72 Å². The van der Waals surface area contributed by atoms with E-state index in [4.69, 9.17) is 0 Å². The van der Waals surface area contributed by atoms with Gasteiger partial charge in [0.05, 0.1) is 0 Å². The SMILES string of the molecule is c1ccc2c(c1)SNC[C@@H]1CNC[C@@H]21. The molecule has 0 amide bonds. The van der Waals surface area contributed by atoms with Crippen molar-refractivity contribution in [1.29, 1.82) is 0 Å². The number of hydrogen-bond acceptors (Lipinski definition) is 3. The van der Waals surface area contributed by atoms with Gasteiger partial charge < -0.3 is 5.32 Å². The van der Waals surface area contributed by atoms with Gasteiger partial charge in [-0.15, -0.1) is 0 Å². The van der Waals surface area contributed by atoms with Crippen LogP contribution >= 0.6 is 11.9 Å². The van der Waals surface area contributed by atoms with Gasteiger partial charge in [-0.1, -0.05) is 18.2 Å². The average Bonchev–Trinajstić information content (AvgIpc) is 2.61. The summed E-state index contributed by atoms with van der Waals surface area (Å²) in [5.41, 5.74) is 1.53. The molecule has 2 aliphatic rings. The zero-order valence-electron chi connectivity index (χ0n) is 7.99. The molecule has 1 aromatic rings. The zero-order valence-corrected chi connectivity index (χ0v) is 8.81. The van der Waals surface area contributed by atoms with Crippen molar-refractivity contribution in [3.8, 4) is 0 Å². The molecule has 0 bridgehead atoms. The van der Waals surface area contributed by atoms with Gasteiger partial charge in [-0.25, -0.2) is 0 Å². The van der Waals surface area contributed by atoms with Crippen LogP contribution in [0.3, 0.4) is 0 Å². The molecule has 0 unspecified atom stereocenters. The molecule has 1 aromatic carbocycles. The van der Waals surface area contributed by atoms with E-state index in [1.54, 1.807) is 11.9 Å². The van der Waals surface area contributed by atoms with Crippen molar-refractivity contribution in [1.82, 2.24) is 10.0 Å². The predicted molar refractivity (Wildman–Crippen MR) is 59.4 cm³/mol. The number of rotatable bonds is 0. The lowest BCUT2D eigenvalue weighted by Gasteiger charge is -2.15. The van der Waals surface area contributed by atoms with Crippen molar-refractivity contribution in [2.75, 3.05) is 19.6 Å². The summed E-state index contributed by atoms with van der Waals surface area (Å²) in [6.45, 7) is 3.42. The van der Waals surface area contributed by atoms with Crippen LogP contribution in [-0.2, 0) is 0 Å². The van der Waals surface area contributed by atoms with E-state index in [0.29, 0.717) is 5.92 Å². The molecule has 0 spiro atoms. The first-order valence-electron chi connectivity index (χ1n) is 5.14. The molecule has 2 nitrogen and oxygen atoms in total. The van der Waals surface area contributed by atoms with E-state index in [2.05, 4.69) is 34.3 Å². The third-order valence-electron chi connectivity index (χ3n) is 3.19. The summed E-state index contributed by atoms with van der Waals surface area (Å²) in [6, 6.07) is 8.77. The van der Waals surface area contributed by atoms with Crippen molar-refractivity contribution in [3.63, 3.8) is 0 Å². The average molecular weight is 206 g/mol. The van der Waals surface area contributed by atoms with E-state index in [1.165, 1.54) is 10.5 Å². The van der Waals surface area contributed by atoms with E-state index in [0.717, 1.165) is 25.6 Å². The number of fused-ring (bicyclic) bond motifs is 3. The fourth-order valence-corrected chi connectivity index (χ4v) is 3.35. The van der Waals surface area contributed by atoms with Crippen LogP contribution in [0.1, 0.15) is 11.5 Å². The first-order chi connectivity index (χ1) is 6.95. The summed E-state index contributed by atoms with van der Waals surface area (Å²) >= 11 is 1.79. The smallest absolute Gasteiger partial charge is 0.0263 e. The highest BCUT2D eigenvalue weighted by molar-refractivity contribution is 7.97. The highest BCUT2D eigenvalue weighted by Crippen LogP contribution is 2.36. The lowest BCUT2D eigenvalue weighted by atomic mass is 9.89. The summed E-state index contributed by atoms with van der Waals surface area (Å²) in [4.78, 5) is 1.41. The van der Waals surface area contributed by atoms with Crippen molar-refractivity contribution in [2.24, 2.45) is 5.92 Å². The maximum absolute atomic E-state index is 3.48. The van der Waals surface area contributed by atoms with Gasteiger partial charge in [0, 0.05) is 23.9 Å². The van der Waals surface area contributed by atoms with E-state index >= 15 is 0 Å². The second-order valence-electron chi connectivity index (χ2n) is 4.01. The van der Waals surface area contributed by atoms with Gasteiger partial charge in [-0.05, 0) is 36.0 Å². The van der Waals surface area contributed by atoms with Gasteiger partial charge in [0.15, 0.2) is 0 Å². The number of benzene rings is 1. The fraction of sp³-hybridized carbons (Fsp3) is 0.455. The molecule has 1 fully saturated rings. The highest BCUT2D eigenvalue weighted by Gasteiger charge is 2.31. The molecule has 3 rings (SSSR count). The lowest BCUT2D eigenvalue weighted by molar-refractivity contribution is 0.519. The lowest BCUT2D eigenvalue weighted by Crippen LogP contribution is -2.20. The molecule has 2 aliphatic heterocycles. The Kier molecular flexibility index (Phi) is 2.24. The molecule has 0 aliphatic carbocycles. The van der Waals surface area contributed by atoms with Crippen LogP contribution in [0.15, 0.2) is 29.2 Å². The number of nitrogens with one attached hydrogen (secondary N) is 2. The summed E-state index contributed by atoms with van der Waals surface area (Å²) < 4.78 is 3.45. The molecule has 0 aromatic heterocycles. The second kappa shape index (κ2) is 3.57. The molecule has 3 heteroatoms. The summed E-state index contributed by atoms with van der Waals surface area (Å²) in [7, 11) is 0. The van der Waals surface area contributed by atoms with Crippen molar-refractivity contribution < 1.29 is 0 Å². The van der Waals surface area contributed by atoms with Crippen LogP contribution < -0.4 is 10.0 Å². The largest absolute Gasteiger partial charge is 0.316 e. The van der Waals surface area contributed by atoms with Gasteiger partial charge in [0.1, 0.15) is 0 Å². The van der Waals surface area contributed by atoms with Crippen LogP contribution in [0.4, 0.5) is 0 Å². The topological polar surface area (TPSA) is 24.1 Å². The minimum atomic E-state index is 0.716. The van der Waals surface area contributed by atoms with E-state index < -0.39 is 0 Å². The van der Waals surface area contributed by atoms with Gasteiger partial charge in [-0.2, -0.15) is 0 Å². The molecular weight excluding hydrogens is 192 g/mol. The van der Waals surface area contributed by atoms with Crippen molar-refractivity contribution in [2.45, 2.75) is 10.8 Å². The number of hydrogen-bond donors (Lipinski definition) is 2. The molecule has 2 heterocycles. The predicted octanol–water partition coefficient (Wildman–Crippen LogP) is 1.60. The van der Waals surface area contributed by atoms with E-state index in [-0.39, 0.29) is 0 Å². The van der Waals surface area contributed by atoms with Crippen LogP contribution in [0.2, 0.25) is 0 Å². The van der Waals surface area contributed by atoms with Crippen molar-refractivity contribution in [3.05, 3.63) is 29.8 Å². The standard InChI is InChI=1S/C11H14N2S/c1-2-4-11-9(3-1)10-7-12-5-8(10)6-13-14-11/h1-4,8,10,12-13H,5-7H2/t8-,10+/m0/s1. The highest BCUT2D eigenvalue weighted by atomic mass is 32.2. The fourth-order valence-electron chi connectivity index (χ4n) is 2.42. The summed E-state index contributed by atoms with van der Waals surface area (Å²) in [5, 5.41) is 3.48. The van der Waals surface area contributed by atoms with Crippen LogP contribution in [-0.4, -0.2) is 19.6 Å². The van der Waals surface area contributed by atoms with Crippen LogP contribution in [0.25, 0.3) is 0 Å². The Morgan fingerprint density at radius 3 is 3.07 bits per heavy atom. The monoisotopic (exact) mass is 206 g/mol. The molecule has 2 atom stereocenters.